The molecule has 3 aromatic rings. The van der Waals surface area contributed by atoms with E-state index >= 15 is 0 Å². The topological polar surface area (TPSA) is 41.6 Å². The molecular formula is C14H13N3S4. The molecule has 0 bridgehead atoms. The number of nitrogens with one attached hydrogen (secondary N) is 1. The van der Waals surface area contributed by atoms with Gasteiger partial charge in [0.1, 0.15) is 5.01 Å². The normalized spacial score (nSPS) is 11.0. The number of thiazole rings is 1. The van der Waals surface area contributed by atoms with Gasteiger partial charge in [0.15, 0.2) is 4.77 Å². The summed E-state index contributed by atoms with van der Waals surface area (Å²) >= 11 is 10.4. The van der Waals surface area contributed by atoms with Crippen LogP contribution in [0.15, 0.2) is 21.9 Å². The molecule has 21 heavy (non-hydrogen) atoms. The Labute approximate surface area is 140 Å². The van der Waals surface area contributed by atoms with Crippen LogP contribution in [0.1, 0.15) is 11.3 Å². The van der Waals surface area contributed by atoms with Crippen LogP contribution < -0.4 is 0 Å². The summed E-state index contributed by atoms with van der Waals surface area (Å²) in [6.07, 6.45) is 3.85. The van der Waals surface area contributed by atoms with E-state index in [1.54, 1.807) is 40.6 Å². The third-order valence-electron chi connectivity index (χ3n) is 3.06. The molecule has 0 aliphatic rings. The summed E-state index contributed by atoms with van der Waals surface area (Å²) in [6.45, 7) is 4.17. The van der Waals surface area contributed by atoms with Crippen LogP contribution in [0.4, 0.5) is 0 Å². The van der Waals surface area contributed by atoms with E-state index in [1.165, 1.54) is 20.2 Å². The van der Waals surface area contributed by atoms with Crippen molar-refractivity contribution >= 4 is 46.7 Å². The molecule has 0 saturated heterocycles. The second-order valence-electron chi connectivity index (χ2n) is 4.51. The van der Waals surface area contributed by atoms with Crippen molar-refractivity contribution in [2.75, 3.05) is 6.26 Å². The Morgan fingerprint density at radius 1 is 1.33 bits per heavy atom. The average Bonchev–Trinajstić information content (AvgIpc) is 3.02. The molecule has 0 radical (unpaired) electrons. The highest BCUT2D eigenvalue weighted by molar-refractivity contribution is 8.00. The summed E-state index contributed by atoms with van der Waals surface area (Å²) in [5.41, 5.74) is 4.55. The second-order valence-corrected chi connectivity index (χ2v) is 7.85. The van der Waals surface area contributed by atoms with Gasteiger partial charge in [-0.2, -0.15) is 0 Å². The SMILES string of the molecule is CSc1sc(-c2nc(C)cs2)c(C)c1-c1ccnc(=S)[nH]1. The second kappa shape index (κ2) is 6.00. The molecule has 0 aliphatic heterocycles. The number of thiophene rings is 1. The zero-order valence-corrected chi connectivity index (χ0v) is 15.0. The predicted octanol–water partition coefficient (Wildman–Crippen LogP) is 5.33. The van der Waals surface area contributed by atoms with Crippen molar-refractivity contribution in [2.24, 2.45) is 0 Å². The first kappa shape index (κ1) is 14.9. The van der Waals surface area contributed by atoms with Crippen LogP contribution in [-0.2, 0) is 0 Å². The minimum atomic E-state index is 0.511. The van der Waals surface area contributed by atoms with E-state index in [4.69, 9.17) is 12.2 Å². The lowest BCUT2D eigenvalue weighted by atomic mass is 10.1. The van der Waals surface area contributed by atoms with Gasteiger partial charge in [-0.15, -0.1) is 34.4 Å². The number of nitrogens with zero attached hydrogens (tertiary/aromatic N) is 2. The van der Waals surface area contributed by atoms with E-state index in [1.807, 2.05) is 13.0 Å². The first-order valence-electron chi connectivity index (χ1n) is 6.25. The molecule has 0 fully saturated rings. The molecular weight excluding hydrogens is 338 g/mol. The number of aromatic nitrogens is 3. The van der Waals surface area contributed by atoms with Crippen molar-refractivity contribution in [3.63, 3.8) is 0 Å². The maximum absolute atomic E-state index is 5.15. The molecule has 7 heteroatoms. The Balaban J connectivity index is 2.21. The van der Waals surface area contributed by atoms with Crippen LogP contribution in [0.2, 0.25) is 0 Å². The van der Waals surface area contributed by atoms with Gasteiger partial charge < -0.3 is 4.98 Å². The number of hydrogen-bond acceptors (Lipinski definition) is 6. The van der Waals surface area contributed by atoms with Crippen molar-refractivity contribution in [1.29, 1.82) is 0 Å². The van der Waals surface area contributed by atoms with E-state index < -0.39 is 0 Å². The number of H-pyrrole nitrogens is 1. The Morgan fingerprint density at radius 2 is 2.14 bits per heavy atom. The fourth-order valence-electron chi connectivity index (χ4n) is 2.12. The van der Waals surface area contributed by atoms with Gasteiger partial charge in [0.05, 0.1) is 14.8 Å². The van der Waals surface area contributed by atoms with Crippen molar-refractivity contribution in [2.45, 2.75) is 18.1 Å². The van der Waals surface area contributed by atoms with E-state index in [0.29, 0.717) is 4.77 Å². The minimum absolute atomic E-state index is 0.511. The molecule has 0 amide bonds. The highest BCUT2D eigenvalue weighted by atomic mass is 32.2. The fourth-order valence-corrected chi connectivity index (χ4v) is 5.34. The summed E-state index contributed by atoms with van der Waals surface area (Å²) in [4.78, 5) is 13.1. The quantitative estimate of drug-likeness (QED) is 0.511. The van der Waals surface area contributed by atoms with Gasteiger partial charge in [-0.25, -0.2) is 9.97 Å². The molecule has 3 heterocycles. The zero-order valence-electron chi connectivity index (χ0n) is 11.8. The van der Waals surface area contributed by atoms with Crippen LogP contribution in [0.25, 0.3) is 21.1 Å². The summed E-state index contributed by atoms with van der Waals surface area (Å²) in [5, 5.41) is 3.18. The number of hydrogen-bond donors (Lipinski definition) is 1. The molecule has 3 rings (SSSR count). The van der Waals surface area contributed by atoms with Crippen LogP contribution in [0, 0.1) is 18.6 Å². The van der Waals surface area contributed by atoms with Gasteiger partial charge in [-0.3, -0.25) is 0 Å². The maximum Gasteiger partial charge on any atom is 0.197 e. The smallest absolute Gasteiger partial charge is 0.197 e. The lowest BCUT2D eigenvalue weighted by Crippen LogP contribution is -1.88. The van der Waals surface area contributed by atoms with Gasteiger partial charge >= 0.3 is 0 Å². The van der Waals surface area contributed by atoms with Crippen LogP contribution in [-0.4, -0.2) is 21.2 Å². The van der Waals surface area contributed by atoms with Crippen molar-refractivity contribution < 1.29 is 0 Å². The van der Waals surface area contributed by atoms with Crippen molar-refractivity contribution in [3.8, 4) is 21.1 Å². The van der Waals surface area contributed by atoms with Gasteiger partial charge in [-0.05, 0) is 44.0 Å². The van der Waals surface area contributed by atoms with Crippen molar-refractivity contribution in [3.05, 3.63) is 33.7 Å². The summed E-state index contributed by atoms with van der Waals surface area (Å²) in [6, 6.07) is 1.97. The third kappa shape index (κ3) is 2.83. The number of aryl methyl sites for hydroxylation is 1. The van der Waals surface area contributed by atoms with Crippen LogP contribution in [0.3, 0.4) is 0 Å². The van der Waals surface area contributed by atoms with E-state index in [-0.39, 0.29) is 0 Å². The number of rotatable bonds is 3. The Morgan fingerprint density at radius 3 is 2.76 bits per heavy atom. The molecule has 108 valence electrons. The highest BCUT2D eigenvalue weighted by Crippen LogP contribution is 2.45. The Hall–Kier alpha value is -1.02. The standard InChI is InChI=1S/C14H13N3S4/c1-7-6-20-12(16-7)11-8(2)10(13(19-3)21-11)9-4-5-15-14(18)17-9/h4-6H,1-3H3,(H,15,17,18). The Bertz CT molecular complexity index is 844. The molecule has 0 aromatic carbocycles. The van der Waals surface area contributed by atoms with E-state index in [2.05, 4.69) is 33.5 Å². The lowest BCUT2D eigenvalue weighted by Gasteiger charge is -2.03. The first-order valence-corrected chi connectivity index (χ1v) is 9.58. The van der Waals surface area contributed by atoms with Crippen LogP contribution >= 0.6 is 46.7 Å². The van der Waals surface area contributed by atoms with E-state index in [9.17, 15) is 0 Å². The molecule has 0 atom stereocenters. The van der Waals surface area contributed by atoms with Gasteiger partial charge in [0, 0.05) is 22.8 Å². The molecule has 0 aliphatic carbocycles. The van der Waals surface area contributed by atoms with Gasteiger partial charge in [-0.1, -0.05) is 0 Å². The molecule has 0 unspecified atom stereocenters. The molecule has 3 aromatic heterocycles. The van der Waals surface area contributed by atoms with E-state index in [0.717, 1.165) is 16.4 Å². The van der Waals surface area contributed by atoms with Gasteiger partial charge in [0.2, 0.25) is 0 Å². The molecule has 0 spiro atoms. The monoisotopic (exact) mass is 351 g/mol. The number of aromatic amines is 1. The highest BCUT2D eigenvalue weighted by Gasteiger charge is 2.19. The summed E-state index contributed by atoms with van der Waals surface area (Å²) in [5.74, 6) is 0. The number of thioether (sulfide) groups is 1. The van der Waals surface area contributed by atoms with Crippen LogP contribution in [0.5, 0.6) is 0 Å². The first-order chi connectivity index (χ1) is 10.1. The fraction of sp³-hybridized carbons (Fsp3) is 0.214. The predicted molar refractivity (Wildman–Crippen MR) is 95.1 cm³/mol. The molecule has 1 N–H and O–H groups in total. The largest absolute Gasteiger partial charge is 0.330 e. The van der Waals surface area contributed by atoms with Gasteiger partial charge in [0.25, 0.3) is 0 Å². The third-order valence-corrected chi connectivity index (χ3v) is 6.79. The summed E-state index contributed by atoms with van der Waals surface area (Å²) < 4.78 is 1.78. The molecule has 3 nitrogen and oxygen atoms in total. The molecule has 0 saturated carbocycles. The maximum atomic E-state index is 5.15. The zero-order chi connectivity index (χ0) is 15.0. The average molecular weight is 352 g/mol. The van der Waals surface area contributed by atoms with Crippen molar-refractivity contribution in [1.82, 2.24) is 15.0 Å². The summed E-state index contributed by atoms with van der Waals surface area (Å²) in [7, 11) is 0. The lowest BCUT2D eigenvalue weighted by molar-refractivity contribution is 1.13. The minimum Gasteiger partial charge on any atom is -0.330 e. The Kier molecular flexibility index (Phi) is 4.26.